The van der Waals surface area contributed by atoms with E-state index in [0.717, 1.165) is 16.8 Å². The molecule has 1 atom stereocenters. The number of nitrogens with zero attached hydrogens (tertiary/aromatic N) is 1. The van der Waals surface area contributed by atoms with E-state index < -0.39 is 5.60 Å². The first-order valence-corrected chi connectivity index (χ1v) is 6.49. The Hall–Kier alpha value is -1.71. The molecule has 0 aliphatic rings. The molecule has 2 N–H and O–H groups in total. The molecule has 0 saturated carbocycles. The molecule has 0 radical (unpaired) electrons. The van der Waals surface area contributed by atoms with Crippen LogP contribution in [0.2, 0.25) is 0 Å². The standard InChI is InChI=1S/C16H20N2O/c1-13-7-6-10-18-15(13)11-17-12-16(2,19)14-8-4-3-5-9-14/h3-10,17,19H,11-12H2,1-2H3. The maximum atomic E-state index is 10.5. The Kier molecular flexibility index (Phi) is 4.30. The fourth-order valence-corrected chi connectivity index (χ4v) is 2.03. The second-order valence-corrected chi connectivity index (χ2v) is 5.01. The van der Waals surface area contributed by atoms with Crippen LogP contribution in [0.3, 0.4) is 0 Å². The van der Waals surface area contributed by atoms with Crippen molar-refractivity contribution in [2.45, 2.75) is 26.0 Å². The first-order chi connectivity index (χ1) is 9.09. The van der Waals surface area contributed by atoms with Gasteiger partial charge in [0, 0.05) is 19.3 Å². The normalized spacial score (nSPS) is 14.1. The lowest BCUT2D eigenvalue weighted by atomic mass is 9.96. The van der Waals surface area contributed by atoms with E-state index in [4.69, 9.17) is 0 Å². The number of rotatable bonds is 5. The van der Waals surface area contributed by atoms with Crippen molar-refractivity contribution in [2.24, 2.45) is 0 Å². The number of aliphatic hydroxyl groups is 1. The van der Waals surface area contributed by atoms with Crippen molar-refractivity contribution >= 4 is 0 Å². The Morgan fingerprint density at radius 2 is 1.89 bits per heavy atom. The van der Waals surface area contributed by atoms with Crippen molar-refractivity contribution in [3.8, 4) is 0 Å². The molecule has 0 aliphatic heterocycles. The summed E-state index contributed by atoms with van der Waals surface area (Å²) in [6.45, 7) is 5.02. The summed E-state index contributed by atoms with van der Waals surface area (Å²) < 4.78 is 0. The smallest absolute Gasteiger partial charge is 0.0992 e. The molecule has 1 aromatic carbocycles. The molecule has 1 heterocycles. The summed E-state index contributed by atoms with van der Waals surface area (Å²) in [7, 11) is 0. The highest BCUT2D eigenvalue weighted by molar-refractivity contribution is 5.22. The van der Waals surface area contributed by atoms with E-state index >= 15 is 0 Å². The van der Waals surface area contributed by atoms with Crippen molar-refractivity contribution < 1.29 is 5.11 Å². The molecule has 100 valence electrons. The van der Waals surface area contributed by atoms with Crippen LogP contribution in [-0.2, 0) is 12.1 Å². The van der Waals surface area contributed by atoms with Crippen LogP contribution in [0, 0.1) is 6.92 Å². The van der Waals surface area contributed by atoms with Crippen molar-refractivity contribution in [3.05, 3.63) is 65.5 Å². The van der Waals surface area contributed by atoms with Crippen LogP contribution in [0.4, 0.5) is 0 Å². The minimum atomic E-state index is -0.871. The molecule has 1 aromatic heterocycles. The Labute approximate surface area is 114 Å². The maximum absolute atomic E-state index is 10.5. The van der Waals surface area contributed by atoms with Gasteiger partial charge in [0.05, 0.1) is 11.3 Å². The van der Waals surface area contributed by atoms with Gasteiger partial charge in [-0.05, 0) is 31.0 Å². The number of hydrogen-bond acceptors (Lipinski definition) is 3. The third-order valence-corrected chi connectivity index (χ3v) is 3.28. The number of hydrogen-bond donors (Lipinski definition) is 2. The van der Waals surface area contributed by atoms with Gasteiger partial charge in [-0.3, -0.25) is 4.98 Å². The largest absolute Gasteiger partial charge is 0.384 e. The summed E-state index contributed by atoms with van der Waals surface area (Å²) in [6, 6.07) is 13.7. The summed E-state index contributed by atoms with van der Waals surface area (Å²) in [5.41, 5.74) is 2.23. The van der Waals surface area contributed by atoms with E-state index in [1.807, 2.05) is 56.3 Å². The van der Waals surface area contributed by atoms with Crippen LogP contribution >= 0.6 is 0 Å². The first-order valence-electron chi connectivity index (χ1n) is 6.49. The highest BCUT2D eigenvalue weighted by Gasteiger charge is 2.22. The molecule has 19 heavy (non-hydrogen) atoms. The van der Waals surface area contributed by atoms with E-state index in [1.54, 1.807) is 6.20 Å². The van der Waals surface area contributed by atoms with Crippen LogP contribution in [-0.4, -0.2) is 16.6 Å². The summed E-state index contributed by atoms with van der Waals surface area (Å²) >= 11 is 0. The molecule has 0 amide bonds. The Morgan fingerprint density at radius 1 is 1.16 bits per heavy atom. The van der Waals surface area contributed by atoms with Gasteiger partial charge in [0.2, 0.25) is 0 Å². The zero-order valence-corrected chi connectivity index (χ0v) is 11.4. The molecule has 0 aliphatic carbocycles. The average molecular weight is 256 g/mol. The average Bonchev–Trinajstić information content (AvgIpc) is 2.42. The van der Waals surface area contributed by atoms with Gasteiger partial charge in [-0.2, -0.15) is 0 Å². The summed E-state index contributed by atoms with van der Waals surface area (Å²) in [6.07, 6.45) is 1.79. The van der Waals surface area contributed by atoms with Crippen LogP contribution < -0.4 is 5.32 Å². The fourth-order valence-electron chi connectivity index (χ4n) is 2.03. The third-order valence-electron chi connectivity index (χ3n) is 3.28. The number of aryl methyl sites for hydroxylation is 1. The van der Waals surface area contributed by atoms with Crippen molar-refractivity contribution in [1.29, 1.82) is 0 Å². The van der Waals surface area contributed by atoms with E-state index in [1.165, 1.54) is 0 Å². The van der Waals surface area contributed by atoms with Crippen LogP contribution in [0.5, 0.6) is 0 Å². The van der Waals surface area contributed by atoms with E-state index in [9.17, 15) is 5.11 Å². The van der Waals surface area contributed by atoms with Crippen molar-refractivity contribution in [2.75, 3.05) is 6.54 Å². The number of nitrogens with one attached hydrogen (secondary N) is 1. The lowest BCUT2D eigenvalue weighted by molar-refractivity contribution is 0.0566. The molecule has 0 bridgehead atoms. The second-order valence-electron chi connectivity index (χ2n) is 5.01. The monoisotopic (exact) mass is 256 g/mol. The molecular weight excluding hydrogens is 236 g/mol. The van der Waals surface area contributed by atoms with Crippen LogP contribution in [0.1, 0.15) is 23.7 Å². The van der Waals surface area contributed by atoms with Crippen molar-refractivity contribution in [3.63, 3.8) is 0 Å². The van der Waals surface area contributed by atoms with E-state index in [-0.39, 0.29) is 0 Å². The zero-order valence-electron chi connectivity index (χ0n) is 11.4. The number of pyridine rings is 1. The minimum absolute atomic E-state index is 0.493. The van der Waals surface area contributed by atoms with Crippen LogP contribution in [0.25, 0.3) is 0 Å². The predicted molar refractivity (Wildman–Crippen MR) is 76.7 cm³/mol. The van der Waals surface area contributed by atoms with Crippen molar-refractivity contribution in [1.82, 2.24) is 10.3 Å². The zero-order chi connectivity index (χ0) is 13.7. The summed E-state index contributed by atoms with van der Waals surface area (Å²) in [4.78, 5) is 4.33. The highest BCUT2D eigenvalue weighted by Crippen LogP contribution is 2.19. The Bertz CT molecular complexity index is 523. The predicted octanol–water partition coefficient (Wildman–Crippen LogP) is 2.39. The molecule has 3 heteroatoms. The fraction of sp³-hybridized carbons (Fsp3) is 0.312. The molecule has 0 saturated heterocycles. The van der Waals surface area contributed by atoms with E-state index in [2.05, 4.69) is 10.3 Å². The Balaban J connectivity index is 1.94. The van der Waals surface area contributed by atoms with Gasteiger partial charge < -0.3 is 10.4 Å². The van der Waals surface area contributed by atoms with Crippen LogP contribution in [0.15, 0.2) is 48.7 Å². The summed E-state index contributed by atoms with van der Waals surface area (Å²) in [5.74, 6) is 0. The topological polar surface area (TPSA) is 45.2 Å². The van der Waals surface area contributed by atoms with Gasteiger partial charge in [-0.25, -0.2) is 0 Å². The second kappa shape index (κ2) is 5.95. The SMILES string of the molecule is Cc1cccnc1CNCC(C)(O)c1ccccc1. The molecule has 0 fully saturated rings. The van der Waals surface area contributed by atoms with Gasteiger partial charge >= 0.3 is 0 Å². The van der Waals surface area contributed by atoms with Gasteiger partial charge in [-0.1, -0.05) is 36.4 Å². The van der Waals surface area contributed by atoms with Gasteiger partial charge in [0.25, 0.3) is 0 Å². The van der Waals surface area contributed by atoms with Gasteiger partial charge in [0.15, 0.2) is 0 Å². The van der Waals surface area contributed by atoms with E-state index in [0.29, 0.717) is 13.1 Å². The van der Waals surface area contributed by atoms with Gasteiger partial charge in [0.1, 0.15) is 0 Å². The van der Waals surface area contributed by atoms with Gasteiger partial charge in [-0.15, -0.1) is 0 Å². The number of benzene rings is 1. The molecule has 2 rings (SSSR count). The maximum Gasteiger partial charge on any atom is 0.0992 e. The molecule has 2 aromatic rings. The molecule has 1 unspecified atom stereocenters. The molecule has 3 nitrogen and oxygen atoms in total. The molecular formula is C16H20N2O. The lowest BCUT2D eigenvalue weighted by Gasteiger charge is -2.24. The quantitative estimate of drug-likeness (QED) is 0.863. The highest BCUT2D eigenvalue weighted by atomic mass is 16.3. The first kappa shape index (κ1) is 13.7. The minimum Gasteiger partial charge on any atom is -0.384 e. The Morgan fingerprint density at radius 3 is 2.58 bits per heavy atom. The third kappa shape index (κ3) is 3.63. The lowest BCUT2D eigenvalue weighted by Crippen LogP contribution is -2.35. The molecule has 0 spiro atoms. The summed E-state index contributed by atoms with van der Waals surface area (Å²) in [5, 5.41) is 13.7. The number of aromatic nitrogens is 1.